The average Bonchev–Trinajstić information content (AvgIpc) is 2.98. The highest BCUT2D eigenvalue weighted by Gasteiger charge is 2.49. The van der Waals surface area contributed by atoms with E-state index in [-0.39, 0.29) is 5.57 Å². The Morgan fingerprint density at radius 2 is 2.11 bits per heavy atom. The van der Waals surface area contributed by atoms with Crippen LogP contribution in [-0.4, -0.2) is 42.5 Å². The van der Waals surface area contributed by atoms with Crippen molar-refractivity contribution in [2.45, 2.75) is 45.0 Å². The summed E-state index contributed by atoms with van der Waals surface area (Å²) in [6.45, 7) is 5.96. The van der Waals surface area contributed by atoms with Crippen LogP contribution >= 0.6 is 0 Å². The maximum absolute atomic E-state index is 12.8. The highest BCUT2D eigenvalue weighted by atomic mass is 16.6. The van der Waals surface area contributed by atoms with Gasteiger partial charge in [-0.05, 0) is 48.8 Å². The van der Waals surface area contributed by atoms with Crippen molar-refractivity contribution in [3.05, 3.63) is 47.6 Å². The number of aliphatic hydroxyl groups excluding tert-OH is 1. The zero-order valence-corrected chi connectivity index (χ0v) is 16.0. The van der Waals surface area contributed by atoms with E-state index in [1.807, 2.05) is 13.0 Å². The Balaban J connectivity index is 1.88. The second kappa shape index (κ2) is 7.75. The van der Waals surface area contributed by atoms with Gasteiger partial charge < -0.3 is 19.3 Å². The topological polar surface area (TPSA) is 99.1 Å². The van der Waals surface area contributed by atoms with Crippen molar-refractivity contribution in [1.29, 1.82) is 0 Å². The minimum atomic E-state index is -1.30. The number of hydrogen-bond donors (Lipinski definition) is 1. The molecule has 0 bridgehead atoms. The number of allylic oxidation sites excluding steroid dienone is 3. The molecule has 28 heavy (non-hydrogen) atoms. The molecule has 1 saturated heterocycles. The quantitative estimate of drug-likeness (QED) is 0.571. The van der Waals surface area contributed by atoms with E-state index in [2.05, 4.69) is 6.58 Å². The zero-order chi connectivity index (χ0) is 20.5. The molecule has 3 aliphatic rings. The Hall–Kier alpha value is -2.67. The van der Waals surface area contributed by atoms with Crippen LogP contribution in [0.25, 0.3) is 0 Å². The summed E-state index contributed by atoms with van der Waals surface area (Å²) in [5, 5.41) is 9.51. The lowest BCUT2D eigenvalue weighted by Crippen LogP contribution is -2.46. The van der Waals surface area contributed by atoms with E-state index < -0.39 is 41.6 Å². The predicted molar refractivity (Wildman–Crippen MR) is 98.5 cm³/mol. The first-order valence-corrected chi connectivity index (χ1v) is 9.19. The van der Waals surface area contributed by atoms with Crippen LogP contribution in [-0.2, 0) is 28.6 Å². The number of methoxy groups -OCH3 is 1. The molecule has 0 saturated carbocycles. The molecule has 0 aromatic rings. The van der Waals surface area contributed by atoms with Gasteiger partial charge in [0.15, 0.2) is 0 Å². The summed E-state index contributed by atoms with van der Waals surface area (Å²) in [6, 6.07) is 0. The van der Waals surface area contributed by atoms with Crippen LogP contribution in [0.4, 0.5) is 0 Å². The Morgan fingerprint density at radius 1 is 1.36 bits per heavy atom. The van der Waals surface area contributed by atoms with Gasteiger partial charge in [-0.1, -0.05) is 25.7 Å². The fraction of sp³-hybridized carbons (Fsp3) is 0.476. The van der Waals surface area contributed by atoms with Crippen molar-refractivity contribution in [3.63, 3.8) is 0 Å². The third kappa shape index (κ3) is 3.80. The summed E-state index contributed by atoms with van der Waals surface area (Å²) in [5.74, 6) is -1.94. The molecular formula is C21H24O7. The second-order valence-corrected chi connectivity index (χ2v) is 7.60. The number of cyclic esters (lactones) is 2. The van der Waals surface area contributed by atoms with E-state index in [0.29, 0.717) is 36.8 Å². The van der Waals surface area contributed by atoms with Gasteiger partial charge in [-0.25, -0.2) is 9.59 Å². The van der Waals surface area contributed by atoms with Crippen molar-refractivity contribution in [1.82, 2.24) is 0 Å². The van der Waals surface area contributed by atoms with Crippen LogP contribution in [0.1, 0.15) is 32.6 Å². The van der Waals surface area contributed by atoms with E-state index >= 15 is 0 Å². The highest BCUT2D eigenvalue weighted by molar-refractivity contribution is 5.94. The first kappa shape index (κ1) is 20.1. The number of rotatable bonds is 2. The van der Waals surface area contributed by atoms with Crippen molar-refractivity contribution in [3.8, 4) is 0 Å². The molecule has 2 heterocycles. The molecule has 1 N–H and O–H groups in total. The Labute approximate surface area is 163 Å². The smallest absolute Gasteiger partial charge is 0.340 e. The van der Waals surface area contributed by atoms with Gasteiger partial charge in [0.25, 0.3) is 0 Å². The molecule has 0 spiro atoms. The van der Waals surface area contributed by atoms with Gasteiger partial charge >= 0.3 is 17.9 Å². The van der Waals surface area contributed by atoms with Gasteiger partial charge in [-0.3, -0.25) is 4.79 Å². The number of hydrogen-bond acceptors (Lipinski definition) is 7. The Bertz CT molecular complexity index is 804. The predicted octanol–water partition coefficient (Wildman–Crippen LogP) is 2.12. The van der Waals surface area contributed by atoms with Crippen LogP contribution < -0.4 is 0 Å². The molecule has 1 aliphatic carbocycles. The maximum atomic E-state index is 12.8. The number of aliphatic hydroxyl groups is 1. The number of carbonyl (C=O) groups excluding carboxylic acids is 3. The number of fused-ring (bicyclic) bond motifs is 1. The second-order valence-electron chi connectivity index (χ2n) is 7.60. The van der Waals surface area contributed by atoms with E-state index in [1.54, 1.807) is 12.2 Å². The molecule has 3 rings (SSSR count). The normalized spacial score (nSPS) is 36.2. The van der Waals surface area contributed by atoms with Gasteiger partial charge in [0.1, 0.15) is 6.10 Å². The minimum Gasteiger partial charge on any atom is -0.465 e. The molecule has 0 unspecified atom stereocenters. The Kier molecular flexibility index (Phi) is 5.56. The molecule has 0 aromatic heterocycles. The summed E-state index contributed by atoms with van der Waals surface area (Å²) in [5.41, 5.74) is 0.708. The summed E-state index contributed by atoms with van der Waals surface area (Å²) < 4.78 is 15.1. The number of ether oxygens (including phenoxy) is 3. The van der Waals surface area contributed by atoms with Crippen molar-refractivity contribution >= 4 is 17.9 Å². The maximum Gasteiger partial charge on any atom is 0.340 e. The van der Waals surface area contributed by atoms with E-state index in [4.69, 9.17) is 14.2 Å². The summed E-state index contributed by atoms with van der Waals surface area (Å²) in [4.78, 5) is 36.7. The molecule has 1 fully saturated rings. The highest BCUT2D eigenvalue weighted by Crippen LogP contribution is 2.47. The first-order valence-electron chi connectivity index (χ1n) is 9.19. The summed E-state index contributed by atoms with van der Waals surface area (Å²) in [6.07, 6.45) is 6.45. The molecular weight excluding hydrogens is 364 g/mol. The summed E-state index contributed by atoms with van der Waals surface area (Å²) >= 11 is 0. The standard InChI is InChI=1S/C21H24O7/c1-12-7-8-15-20(25)27-16(14-10-17(22)28-19(14)24)11-21(15,2)9-5-4-6-13(12)18(23)26-3/h4-6,10,15-17,22H,1,7-9,11H2,2-3H3/b5-4-,13-6+/t15-,16-,17+,21-/m0/s1. The third-order valence-corrected chi connectivity index (χ3v) is 5.67. The van der Waals surface area contributed by atoms with Crippen LogP contribution in [0.3, 0.4) is 0 Å². The van der Waals surface area contributed by atoms with Gasteiger partial charge in [-0.2, -0.15) is 0 Å². The zero-order valence-electron chi connectivity index (χ0n) is 16.0. The van der Waals surface area contributed by atoms with Gasteiger partial charge in [0.05, 0.1) is 24.2 Å². The molecule has 0 aromatic carbocycles. The molecule has 0 amide bonds. The molecule has 7 heteroatoms. The van der Waals surface area contributed by atoms with E-state index in [1.165, 1.54) is 13.2 Å². The lowest BCUT2D eigenvalue weighted by Gasteiger charge is -2.43. The van der Waals surface area contributed by atoms with Crippen molar-refractivity contribution in [2.75, 3.05) is 7.11 Å². The van der Waals surface area contributed by atoms with E-state index in [9.17, 15) is 19.5 Å². The molecule has 0 radical (unpaired) electrons. The van der Waals surface area contributed by atoms with E-state index in [0.717, 1.165) is 0 Å². The Morgan fingerprint density at radius 3 is 2.75 bits per heavy atom. The van der Waals surface area contributed by atoms with Gasteiger partial charge in [0, 0.05) is 0 Å². The largest absolute Gasteiger partial charge is 0.465 e. The van der Waals surface area contributed by atoms with Crippen LogP contribution in [0.2, 0.25) is 0 Å². The van der Waals surface area contributed by atoms with Gasteiger partial charge in [-0.15, -0.1) is 0 Å². The van der Waals surface area contributed by atoms with Crippen LogP contribution in [0, 0.1) is 11.3 Å². The number of carbonyl (C=O) groups is 3. The van der Waals surface area contributed by atoms with Crippen molar-refractivity contribution < 1.29 is 33.7 Å². The molecule has 2 aliphatic heterocycles. The van der Waals surface area contributed by atoms with Crippen molar-refractivity contribution in [2.24, 2.45) is 11.3 Å². The van der Waals surface area contributed by atoms with Crippen LogP contribution in [0.5, 0.6) is 0 Å². The molecule has 150 valence electrons. The fourth-order valence-electron chi connectivity index (χ4n) is 4.05. The average molecular weight is 388 g/mol. The SMILES string of the molecule is C=C1CC[C@H]2C(=O)O[C@H](C3=C[C@H](O)OC3=O)C[C@]2(C)C/C=C\C=C/1C(=O)OC. The minimum absolute atomic E-state index is 0.180. The van der Waals surface area contributed by atoms with Crippen LogP contribution in [0.15, 0.2) is 47.6 Å². The fourth-order valence-corrected chi connectivity index (χ4v) is 4.05. The lowest BCUT2D eigenvalue weighted by molar-refractivity contribution is -0.170. The third-order valence-electron chi connectivity index (χ3n) is 5.67. The van der Waals surface area contributed by atoms with Gasteiger partial charge in [0.2, 0.25) is 6.29 Å². The molecule has 7 nitrogen and oxygen atoms in total. The summed E-state index contributed by atoms with van der Waals surface area (Å²) in [7, 11) is 1.31. The lowest BCUT2D eigenvalue weighted by atomic mass is 9.66. The first-order chi connectivity index (χ1) is 13.2. The number of esters is 3. The monoisotopic (exact) mass is 388 g/mol. The molecule has 4 atom stereocenters.